The number of nitrogens with one attached hydrogen (secondary N) is 2. The van der Waals surface area contributed by atoms with Gasteiger partial charge in [0.1, 0.15) is 6.61 Å². The summed E-state index contributed by atoms with van der Waals surface area (Å²) in [5, 5.41) is 23.5. The van der Waals surface area contributed by atoms with Gasteiger partial charge in [0.15, 0.2) is 6.10 Å². The van der Waals surface area contributed by atoms with E-state index in [9.17, 15) is 19.5 Å². The molecule has 2 unspecified atom stereocenters. The average molecular weight is 481 g/mol. The van der Waals surface area contributed by atoms with Crippen molar-refractivity contribution in [3.05, 3.63) is 59.7 Å². The number of aliphatic hydroxyl groups excluding tert-OH is 1. The summed E-state index contributed by atoms with van der Waals surface area (Å²) in [6, 6.07) is 16.3. The van der Waals surface area contributed by atoms with Gasteiger partial charge in [-0.05, 0) is 34.1 Å². The molecule has 2 aromatic rings. The molecule has 2 amide bonds. The maximum atomic E-state index is 12.6. The van der Waals surface area contributed by atoms with Crippen LogP contribution in [0.1, 0.15) is 49.1 Å². The minimum Gasteiger partial charge on any atom is -0.479 e. The summed E-state index contributed by atoms with van der Waals surface area (Å²) in [5.41, 5.74) is 4.62. The zero-order valence-electron chi connectivity index (χ0n) is 19.6. The van der Waals surface area contributed by atoms with Gasteiger partial charge >= 0.3 is 12.1 Å². The Morgan fingerprint density at radius 3 is 2.11 bits per heavy atom. The Morgan fingerprint density at radius 2 is 1.51 bits per heavy atom. The first-order chi connectivity index (χ1) is 16.9. The number of ether oxygens (including phenoxy) is 1. The second-order valence-electron chi connectivity index (χ2n) is 9.37. The summed E-state index contributed by atoms with van der Waals surface area (Å²) in [6.45, 7) is 0.184. The lowest BCUT2D eigenvalue weighted by Gasteiger charge is -2.23. The van der Waals surface area contributed by atoms with Crippen LogP contribution in [-0.4, -0.2) is 54.0 Å². The van der Waals surface area contributed by atoms with E-state index in [0.717, 1.165) is 47.9 Å². The molecule has 2 aliphatic rings. The summed E-state index contributed by atoms with van der Waals surface area (Å²) in [4.78, 5) is 35.7. The predicted octanol–water partition coefficient (Wildman–Crippen LogP) is 3.28. The van der Waals surface area contributed by atoms with Crippen LogP contribution >= 0.6 is 0 Å². The molecule has 1 saturated carbocycles. The first kappa shape index (κ1) is 24.7. The standard InChI is InChI=1S/C27H32N2O6/c30-24(26(32)33)15-28-25(31)13-18(17-7-1-2-8-17)14-29-27(34)35-16-23-21-11-5-3-9-19(21)20-10-4-6-12-22(20)23/h3-6,9-12,17-18,23-24,30H,1-2,7-8,13-16H2,(H,28,31)(H,29,34)(H,32,33). The highest BCUT2D eigenvalue weighted by Gasteiger charge is 2.30. The second kappa shape index (κ2) is 11.4. The molecule has 0 saturated heterocycles. The van der Waals surface area contributed by atoms with E-state index in [0.29, 0.717) is 12.5 Å². The Bertz CT molecular complexity index is 1020. The molecule has 4 rings (SSSR count). The third-order valence-corrected chi connectivity index (χ3v) is 7.14. The molecular weight excluding hydrogens is 448 g/mol. The maximum Gasteiger partial charge on any atom is 0.407 e. The van der Waals surface area contributed by atoms with Crippen molar-refractivity contribution in [3.8, 4) is 11.1 Å². The lowest BCUT2D eigenvalue weighted by molar-refractivity contribution is -0.146. The van der Waals surface area contributed by atoms with Gasteiger partial charge in [0.25, 0.3) is 0 Å². The zero-order valence-corrected chi connectivity index (χ0v) is 19.6. The molecule has 8 nitrogen and oxygen atoms in total. The van der Waals surface area contributed by atoms with Crippen LogP contribution in [0.4, 0.5) is 4.79 Å². The maximum absolute atomic E-state index is 12.6. The SMILES string of the molecule is O=C(CC(CNC(=O)OCC1c2ccccc2-c2ccccc21)C1CCCC1)NCC(O)C(=O)O. The van der Waals surface area contributed by atoms with E-state index in [2.05, 4.69) is 34.9 Å². The van der Waals surface area contributed by atoms with Gasteiger partial charge < -0.3 is 25.6 Å². The molecular formula is C27H32N2O6. The van der Waals surface area contributed by atoms with Crippen LogP contribution in [0.2, 0.25) is 0 Å². The van der Waals surface area contributed by atoms with Gasteiger partial charge in [0.05, 0.1) is 6.54 Å². The first-order valence-corrected chi connectivity index (χ1v) is 12.2. The van der Waals surface area contributed by atoms with E-state index in [-0.39, 0.29) is 37.3 Å². The van der Waals surface area contributed by atoms with E-state index in [1.54, 1.807) is 0 Å². The van der Waals surface area contributed by atoms with Crippen molar-refractivity contribution in [1.29, 1.82) is 0 Å². The molecule has 2 aromatic carbocycles. The van der Waals surface area contributed by atoms with Crippen LogP contribution in [0.5, 0.6) is 0 Å². The number of carboxylic acid groups (broad SMARTS) is 1. The van der Waals surface area contributed by atoms with Gasteiger partial charge in [-0.2, -0.15) is 0 Å². The van der Waals surface area contributed by atoms with Crippen LogP contribution in [0, 0.1) is 11.8 Å². The molecule has 2 aliphatic carbocycles. The molecule has 4 N–H and O–H groups in total. The Hall–Kier alpha value is -3.39. The van der Waals surface area contributed by atoms with E-state index in [1.807, 2.05) is 24.3 Å². The number of benzene rings is 2. The number of carbonyl (C=O) groups excluding carboxylic acids is 2. The zero-order chi connectivity index (χ0) is 24.8. The summed E-state index contributed by atoms with van der Waals surface area (Å²) < 4.78 is 5.61. The minimum atomic E-state index is -1.64. The highest BCUT2D eigenvalue weighted by Crippen LogP contribution is 2.44. The fourth-order valence-electron chi connectivity index (χ4n) is 5.31. The molecule has 0 spiro atoms. The highest BCUT2D eigenvalue weighted by molar-refractivity contribution is 5.79. The number of aliphatic hydroxyl groups is 1. The van der Waals surface area contributed by atoms with Crippen molar-refractivity contribution in [2.75, 3.05) is 19.7 Å². The van der Waals surface area contributed by atoms with E-state index >= 15 is 0 Å². The van der Waals surface area contributed by atoms with Crippen LogP contribution in [0.15, 0.2) is 48.5 Å². The Kier molecular flexibility index (Phi) is 8.02. The van der Waals surface area contributed by atoms with Crippen molar-refractivity contribution >= 4 is 18.0 Å². The fraction of sp³-hybridized carbons (Fsp3) is 0.444. The molecule has 8 heteroatoms. The van der Waals surface area contributed by atoms with Crippen molar-refractivity contribution in [2.24, 2.45) is 11.8 Å². The number of carboxylic acids is 1. The molecule has 0 bridgehead atoms. The predicted molar refractivity (Wildman–Crippen MR) is 130 cm³/mol. The summed E-state index contributed by atoms with van der Waals surface area (Å²) >= 11 is 0. The van der Waals surface area contributed by atoms with Gasteiger partial charge in [-0.25, -0.2) is 9.59 Å². The molecule has 0 heterocycles. The van der Waals surface area contributed by atoms with Crippen molar-refractivity contribution in [1.82, 2.24) is 10.6 Å². The summed E-state index contributed by atoms with van der Waals surface area (Å²) in [5.74, 6) is -1.52. The van der Waals surface area contributed by atoms with Crippen molar-refractivity contribution in [2.45, 2.75) is 44.1 Å². The summed E-state index contributed by atoms with van der Waals surface area (Å²) in [6.07, 6.45) is 2.15. The number of fused-ring (bicyclic) bond motifs is 3. The molecule has 0 radical (unpaired) electrons. The summed E-state index contributed by atoms with van der Waals surface area (Å²) in [7, 11) is 0. The van der Waals surface area contributed by atoms with Gasteiger partial charge in [-0.1, -0.05) is 74.2 Å². The van der Waals surface area contributed by atoms with Gasteiger partial charge in [0.2, 0.25) is 5.91 Å². The van der Waals surface area contributed by atoms with Crippen LogP contribution in [-0.2, 0) is 14.3 Å². The van der Waals surface area contributed by atoms with Crippen LogP contribution in [0.3, 0.4) is 0 Å². The number of hydrogen-bond acceptors (Lipinski definition) is 5. The number of rotatable bonds is 10. The number of aliphatic carboxylic acids is 1. The number of amides is 2. The van der Waals surface area contributed by atoms with E-state index < -0.39 is 18.2 Å². The average Bonchev–Trinajstić information content (AvgIpc) is 3.50. The van der Waals surface area contributed by atoms with E-state index in [1.165, 1.54) is 0 Å². The quantitative estimate of drug-likeness (QED) is 0.414. The second-order valence-corrected chi connectivity index (χ2v) is 9.37. The minimum absolute atomic E-state index is 0.0229. The van der Waals surface area contributed by atoms with Gasteiger partial charge in [-0.15, -0.1) is 0 Å². The van der Waals surface area contributed by atoms with Crippen LogP contribution in [0.25, 0.3) is 11.1 Å². The third kappa shape index (κ3) is 6.00. The highest BCUT2D eigenvalue weighted by atomic mass is 16.5. The lowest BCUT2D eigenvalue weighted by atomic mass is 9.87. The first-order valence-electron chi connectivity index (χ1n) is 12.2. The topological polar surface area (TPSA) is 125 Å². The number of hydrogen-bond donors (Lipinski definition) is 4. The third-order valence-electron chi connectivity index (χ3n) is 7.14. The molecule has 35 heavy (non-hydrogen) atoms. The normalized spacial score (nSPS) is 16.7. The largest absolute Gasteiger partial charge is 0.479 e. The molecule has 186 valence electrons. The smallest absolute Gasteiger partial charge is 0.407 e. The molecule has 0 aromatic heterocycles. The Morgan fingerprint density at radius 1 is 0.914 bits per heavy atom. The molecule has 0 aliphatic heterocycles. The Labute approximate surface area is 204 Å². The van der Waals surface area contributed by atoms with Crippen LogP contribution < -0.4 is 10.6 Å². The van der Waals surface area contributed by atoms with Crippen molar-refractivity contribution < 1.29 is 29.3 Å². The van der Waals surface area contributed by atoms with Gasteiger partial charge in [-0.3, -0.25) is 4.79 Å². The monoisotopic (exact) mass is 480 g/mol. The van der Waals surface area contributed by atoms with Gasteiger partial charge in [0, 0.05) is 18.9 Å². The number of alkyl carbamates (subject to hydrolysis) is 1. The Balaban J connectivity index is 1.31. The number of carbonyl (C=O) groups is 3. The fourth-order valence-corrected chi connectivity index (χ4v) is 5.31. The van der Waals surface area contributed by atoms with E-state index in [4.69, 9.17) is 9.84 Å². The lowest BCUT2D eigenvalue weighted by Crippen LogP contribution is -2.40. The molecule has 1 fully saturated rings. The van der Waals surface area contributed by atoms with Crippen molar-refractivity contribution in [3.63, 3.8) is 0 Å². The molecule has 2 atom stereocenters.